The molecule has 1 amide bonds. The molecule has 0 saturated carbocycles. The molecular weight excluding hydrogens is 386 g/mol. The summed E-state index contributed by atoms with van der Waals surface area (Å²) in [6.07, 6.45) is 1.81. The maximum Gasteiger partial charge on any atom is 0.251 e. The number of amides is 1. The van der Waals surface area contributed by atoms with Crippen LogP contribution in [0.4, 0.5) is 0 Å². The van der Waals surface area contributed by atoms with Gasteiger partial charge in [0.15, 0.2) is 0 Å². The zero-order chi connectivity index (χ0) is 22.2. The SMILES string of the molecule is COc1ccc(C(=O)N[C@H](C)CCc2ccccc2)cc1COc1ccc(C)c(C)c1. The Balaban J connectivity index is 1.62. The van der Waals surface area contributed by atoms with E-state index in [-0.39, 0.29) is 11.9 Å². The minimum atomic E-state index is -0.0874. The van der Waals surface area contributed by atoms with Gasteiger partial charge >= 0.3 is 0 Å². The lowest BCUT2D eigenvalue weighted by Crippen LogP contribution is -2.33. The molecule has 0 spiro atoms. The third-order valence-electron chi connectivity index (χ3n) is 5.50. The highest BCUT2D eigenvalue weighted by Crippen LogP contribution is 2.23. The van der Waals surface area contributed by atoms with Crippen molar-refractivity contribution in [2.75, 3.05) is 7.11 Å². The van der Waals surface area contributed by atoms with Crippen LogP contribution in [-0.4, -0.2) is 19.1 Å². The molecule has 0 aliphatic carbocycles. The quantitative estimate of drug-likeness (QED) is 0.490. The number of methoxy groups -OCH3 is 1. The number of rotatable bonds is 9. The van der Waals surface area contributed by atoms with E-state index in [2.05, 4.69) is 31.3 Å². The van der Waals surface area contributed by atoms with Crippen LogP contribution in [0, 0.1) is 13.8 Å². The van der Waals surface area contributed by atoms with Crippen LogP contribution in [0.15, 0.2) is 66.7 Å². The highest BCUT2D eigenvalue weighted by atomic mass is 16.5. The van der Waals surface area contributed by atoms with Gasteiger partial charge in [0.05, 0.1) is 7.11 Å². The van der Waals surface area contributed by atoms with Gasteiger partial charge in [0.2, 0.25) is 0 Å². The van der Waals surface area contributed by atoms with Gasteiger partial charge in [0.25, 0.3) is 5.91 Å². The van der Waals surface area contributed by atoms with Gasteiger partial charge in [-0.3, -0.25) is 4.79 Å². The number of aryl methyl sites for hydroxylation is 3. The van der Waals surface area contributed by atoms with E-state index >= 15 is 0 Å². The Labute approximate surface area is 185 Å². The van der Waals surface area contributed by atoms with E-state index in [1.54, 1.807) is 13.2 Å². The Bertz CT molecular complexity index is 1010. The Morgan fingerprint density at radius 2 is 1.74 bits per heavy atom. The summed E-state index contributed by atoms with van der Waals surface area (Å²) < 4.78 is 11.4. The maximum absolute atomic E-state index is 12.8. The van der Waals surface area contributed by atoms with Crippen molar-refractivity contribution in [2.24, 2.45) is 0 Å². The van der Waals surface area contributed by atoms with E-state index in [1.807, 2.05) is 55.5 Å². The number of benzene rings is 3. The zero-order valence-corrected chi connectivity index (χ0v) is 18.8. The van der Waals surface area contributed by atoms with Crippen LogP contribution in [-0.2, 0) is 13.0 Å². The molecular formula is C27H31NO3. The summed E-state index contributed by atoms with van der Waals surface area (Å²) in [6, 6.07) is 21.9. The second kappa shape index (κ2) is 10.7. The van der Waals surface area contributed by atoms with Gasteiger partial charge in [-0.05, 0) is 80.6 Å². The molecule has 1 N–H and O–H groups in total. The lowest BCUT2D eigenvalue weighted by atomic mass is 10.1. The fraction of sp³-hybridized carbons (Fsp3) is 0.296. The average molecular weight is 418 g/mol. The molecule has 1 atom stereocenters. The summed E-state index contributed by atoms with van der Waals surface area (Å²) >= 11 is 0. The number of nitrogens with one attached hydrogen (secondary N) is 1. The summed E-state index contributed by atoms with van der Waals surface area (Å²) in [5.74, 6) is 1.42. The summed E-state index contributed by atoms with van der Waals surface area (Å²) in [6.45, 7) is 6.50. The van der Waals surface area contributed by atoms with Gasteiger partial charge in [0.1, 0.15) is 18.1 Å². The first-order valence-electron chi connectivity index (χ1n) is 10.7. The number of ether oxygens (including phenoxy) is 2. The first-order chi connectivity index (χ1) is 15.0. The van der Waals surface area contributed by atoms with Crippen LogP contribution < -0.4 is 14.8 Å². The first-order valence-corrected chi connectivity index (χ1v) is 10.7. The minimum absolute atomic E-state index is 0.0741. The summed E-state index contributed by atoms with van der Waals surface area (Å²) in [4.78, 5) is 12.8. The number of hydrogen-bond donors (Lipinski definition) is 1. The molecule has 0 fully saturated rings. The van der Waals surface area contributed by atoms with E-state index < -0.39 is 0 Å². The number of hydrogen-bond acceptors (Lipinski definition) is 3. The molecule has 0 aliphatic heterocycles. The third kappa shape index (κ3) is 6.35. The van der Waals surface area contributed by atoms with Gasteiger partial charge in [-0.1, -0.05) is 36.4 Å². The Kier molecular flexibility index (Phi) is 7.71. The van der Waals surface area contributed by atoms with Crippen molar-refractivity contribution in [3.05, 3.63) is 94.5 Å². The van der Waals surface area contributed by atoms with E-state index in [0.29, 0.717) is 17.9 Å². The minimum Gasteiger partial charge on any atom is -0.496 e. The van der Waals surface area contributed by atoms with Crippen LogP contribution in [0.3, 0.4) is 0 Å². The molecule has 31 heavy (non-hydrogen) atoms. The topological polar surface area (TPSA) is 47.6 Å². The van der Waals surface area contributed by atoms with E-state index in [9.17, 15) is 4.79 Å². The van der Waals surface area contributed by atoms with E-state index in [4.69, 9.17) is 9.47 Å². The lowest BCUT2D eigenvalue weighted by Gasteiger charge is -2.16. The fourth-order valence-corrected chi connectivity index (χ4v) is 3.40. The largest absolute Gasteiger partial charge is 0.496 e. The third-order valence-corrected chi connectivity index (χ3v) is 5.50. The highest BCUT2D eigenvalue weighted by Gasteiger charge is 2.13. The van der Waals surface area contributed by atoms with Crippen LogP contribution in [0.5, 0.6) is 11.5 Å². The fourth-order valence-electron chi connectivity index (χ4n) is 3.40. The normalized spacial score (nSPS) is 11.6. The molecule has 3 aromatic carbocycles. The monoisotopic (exact) mass is 417 g/mol. The van der Waals surface area contributed by atoms with Crippen molar-refractivity contribution in [2.45, 2.75) is 46.3 Å². The molecule has 3 rings (SSSR count). The standard InChI is InChI=1S/C27H31NO3/c1-19-10-14-25(16-20(19)2)31-18-24-17-23(13-15-26(24)30-4)27(29)28-21(3)11-12-22-8-6-5-7-9-22/h5-10,13-17,21H,11-12,18H2,1-4H3,(H,28,29)/t21-/m1/s1. The Hall–Kier alpha value is -3.27. The predicted octanol–water partition coefficient (Wildman–Crippen LogP) is 5.64. The van der Waals surface area contributed by atoms with Gasteiger partial charge in [0, 0.05) is 17.2 Å². The van der Waals surface area contributed by atoms with Crippen molar-refractivity contribution in [1.82, 2.24) is 5.32 Å². The summed E-state index contributed by atoms with van der Waals surface area (Å²) in [7, 11) is 1.63. The second-order valence-corrected chi connectivity index (χ2v) is 7.96. The first kappa shape index (κ1) is 22.4. The molecule has 0 radical (unpaired) electrons. The van der Waals surface area contributed by atoms with E-state index in [1.165, 1.54) is 16.7 Å². The van der Waals surface area contributed by atoms with Crippen LogP contribution in [0.2, 0.25) is 0 Å². The highest BCUT2D eigenvalue weighted by molar-refractivity contribution is 5.94. The Morgan fingerprint density at radius 1 is 0.968 bits per heavy atom. The van der Waals surface area contributed by atoms with Gasteiger partial charge in [-0.15, -0.1) is 0 Å². The van der Waals surface area contributed by atoms with Gasteiger partial charge < -0.3 is 14.8 Å². The van der Waals surface area contributed by atoms with Crippen molar-refractivity contribution in [3.63, 3.8) is 0 Å². The molecule has 0 saturated heterocycles. The van der Waals surface area contributed by atoms with Gasteiger partial charge in [-0.2, -0.15) is 0 Å². The Morgan fingerprint density at radius 3 is 2.45 bits per heavy atom. The van der Waals surface area contributed by atoms with Gasteiger partial charge in [-0.25, -0.2) is 0 Å². The lowest BCUT2D eigenvalue weighted by molar-refractivity contribution is 0.0938. The molecule has 4 heteroatoms. The molecule has 162 valence electrons. The average Bonchev–Trinajstić information content (AvgIpc) is 2.79. The molecule has 4 nitrogen and oxygen atoms in total. The van der Waals surface area contributed by atoms with Crippen LogP contribution in [0.1, 0.15) is 46.0 Å². The van der Waals surface area contributed by atoms with E-state index in [0.717, 1.165) is 24.2 Å². The maximum atomic E-state index is 12.8. The molecule has 0 aliphatic rings. The molecule has 0 unspecified atom stereocenters. The molecule has 0 aromatic heterocycles. The second-order valence-electron chi connectivity index (χ2n) is 7.96. The number of carbonyl (C=O) groups excluding carboxylic acids is 1. The van der Waals surface area contributed by atoms with Crippen molar-refractivity contribution < 1.29 is 14.3 Å². The van der Waals surface area contributed by atoms with Crippen LogP contribution in [0.25, 0.3) is 0 Å². The molecule has 0 bridgehead atoms. The summed E-state index contributed by atoms with van der Waals surface area (Å²) in [5, 5.41) is 3.10. The smallest absolute Gasteiger partial charge is 0.251 e. The van der Waals surface area contributed by atoms with Crippen molar-refractivity contribution in [1.29, 1.82) is 0 Å². The zero-order valence-electron chi connectivity index (χ0n) is 18.8. The number of carbonyl (C=O) groups is 1. The van der Waals surface area contributed by atoms with Crippen molar-refractivity contribution >= 4 is 5.91 Å². The predicted molar refractivity (Wildman–Crippen MR) is 125 cm³/mol. The van der Waals surface area contributed by atoms with Crippen LogP contribution >= 0.6 is 0 Å². The molecule has 0 heterocycles. The van der Waals surface area contributed by atoms with Crippen molar-refractivity contribution in [3.8, 4) is 11.5 Å². The molecule has 3 aromatic rings. The summed E-state index contributed by atoms with van der Waals surface area (Å²) in [5.41, 5.74) is 5.13.